The van der Waals surface area contributed by atoms with Crippen LogP contribution in [0.25, 0.3) is 33.3 Å². The van der Waals surface area contributed by atoms with Crippen LogP contribution in [0, 0.1) is 20.8 Å². The van der Waals surface area contributed by atoms with Crippen molar-refractivity contribution < 1.29 is 4.57 Å². The summed E-state index contributed by atoms with van der Waals surface area (Å²) in [5.74, 6) is 1.52. The lowest BCUT2D eigenvalue weighted by molar-refractivity contribution is -0.662. The van der Waals surface area contributed by atoms with Crippen LogP contribution in [0.2, 0.25) is 0 Å². The van der Waals surface area contributed by atoms with Crippen molar-refractivity contribution in [2.75, 3.05) is 0 Å². The maximum atomic E-state index is 4.83. The summed E-state index contributed by atoms with van der Waals surface area (Å²) in [4.78, 5) is 14.3. The van der Waals surface area contributed by atoms with Crippen LogP contribution in [-0.4, -0.2) is 15.0 Å². The van der Waals surface area contributed by atoms with Crippen LogP contribution in [0.3, 0.4) is 0 Å². The van der Waals surface area contributed by atoms with Gasteiger partial charge in [-0.1, -0.05) is 30.5 Å². The fourth-order valence-corrected chi connectivity index (χ4v) is 4.99. The summed E-state index contributed by atoms with van der Waals surface area (Å²) < 4.78 is 2.13. The van der Waals surface area contributed by atoms with E-state index in [4.69, 9.17) is 15.0 Å². The van der Waals surface area contributed by atoms with Crippen LogP contribution in [0.15, 0.2) is 49.1 Å². The average Bonchev–Trinajstić information content (AvgIpc) is 3.31. The normalized spacial score (nSPS) is 14.5. The van der Waals surface area contributed by atoms with Crippen LogP contribution >= 0.6 is 0 Å². The van der Waals surface area contributed by atoms with Crippen molar-refractivity contribution in [3.8, 4) is 22.4 Å². The van der Waals surface area contributed by atoms with Gasteiger partial charge in [0.15, 0.2) is 5.52 Å². The second-order valence-electron chi connectivity index (χ2n) is 8.97. The molecular formula is C27H29N4+. The van der Waals surface area contributed by atoms with E-state index < -0.39 is 0 Å². The Morgan fingerprint density at radius 2 is 1.65 bits per heavy atom. The van der Waals surface area contributed by atoms with E-state index in [0.717, 1.165) is 27.9 Å². The number of aromatic nitrogens is 4. The molecule has 0 atom stereocenters. The molecule has 0 radical (unpaired) electrons. The molecule has 4 aromatic rings. The summed E-state index contributed by atoms with van der Waals surface area (Å²) in [6, 6.07) is 10.9. The average molecular weight is 410 g/mol. The molecule has 2 aromatic heterocycles. The van der Waals surface area contributed by atoms with E-state index in [1.165, 1.54) is 53.6 Å². The van der Waals surface area contributed by atoms with Crippen LogP contribution in [0.4, 0.5) is 0 Å². The van der Waals surface area contributed by atoms with Crippen molar-refractivity contribution in [2.24, 2.45) is 7.05 Å². The van der Waals surface area contributed by atoms with Gasteiger partial charge in [-0.3, -0.25) is 0 Å². The Morgan fingerprint density at radius 3 is 2.39 bits per heavy atom. The fourth-order valence-electron chi connectivity index (χ4n) is 4.99. The third-order valence-electron chi connectivity index (χ3n) is 6.77. The molecule has 1 saturated carbocycles. The standard InChI is InChI=1S/C27H29N4/c1-17-12-18(2)19(3)24(13-17)26-23-11-7-10-22(25(23)30-16-31(26)4)21-14-28-27(29-15-21)20-8-5-6-9-20/h7,10-16,20H,5-6,8-9H2,1-4H3/q+1. The molecule has 0 unspecified atom stereocenters. The van der Waals surface area contributed by atoms with Crippen molar-refractivity contribution in [3.63, 3.8) is 0 Å². The van der Waals surface area contributed by atoms with Crippen molar-refractivity contribution in [1.29, 1.82) is 0 Å². The summed E-state index contributed by atoms with van der Waals surface area (Å²) in [6.45, 7) is 6.55. The summed E-state index contributed by atoms with van der Waals surface area (Å²) in [5, 5.41) is 1.15. The van der Waals surface area contributed by atoms with E-state index in [9.17, 15) is 0 Å². The number of para-hydroxylation sites is 1. The minimum absolute atomic E-state index is 0.526. The van der Waals surface area contributed by atoms with Crippen LogP contribution in [0.1, 0.15) is 54.1 Å². The maximum absolute atomic E-state index is 4.83. The van der Waals surface area contributed by atoms with Crippen LogP contribution in [0.5, 0.6) is 0 Å². The quantitative estimate of drug-likeness (QED) is 0.404. The molecule has 0 aliphatic heterocycles. The number of nitrogens with zero attached hydrogens (tertiary/aromatic N) is 4. The molecule has 5 rings (SSSR count). The molecule has 31 heavy (non-hydrogen) atoms. The SMILES string of the molecule is Cc1cc(C)c(C)c(-c2c3cccc(-c4cnc(C5CCCC5)nc4)c3nc[n+]2C)c1. The molecule has 0 saturated heterocycles. The van der Waals surface area contributed by atoms with E-state index in [2.05, 4.69) is 62.7 Å². The van der Waals surface area contributed by atoms with E-state index in [1.54, 1.807) is 0 Å². The van der Waals surface area contributed by atoms with Gasteiger partial charge in [0.05, 0.1) is 12.4 Å². The molecule has 4 heteroatoms. The molecule has 0 N–H and O–H groups in total. The van der Waals surface area contributed by atoms with Gasteiger partial charge in [0.2, 0.25) is 0 Å². The monoisotopic (exact) mass is 409 g/mol. The van der Waals surface area contributed by atoms with Gasteiger partial charge in [-0.2, -0.15) is 0 Å². The summed E-state index contributed by atoms with van der Waals surface area (Å²) in [7, 11) is 2.07. The highest BCUT2D eigenvalue weighted by molar-refractivity contribution is 5.99. The smallest absolute Gasteiger partial charge is 0.240 e. The molecule has 2 heterocycles. The molecular weight excluding hydrogens is 380 g/mol. The number of fused-ring (bicyclic) bond motifs is 1. The highest BCUT2D eigenvalue weighted by Gasteiger charge is 2.22. The van der Waals surface area contributed by atoms with Crippen LogP contribution in [-0.2, 0) is 7.05 Å². The lowest BCUT2D eigenvalue weighted by Gasteiger charge is -2.13. The van der Waals surface area contributed by atoms with Gasteiger partial charge < -0.3 is 0 Å². The summed E-state index contributed by atoms with van der Waals surface area (Å²) >= 11 is 0. The second-order valence-corrected chi connectivity index (χ2v) is 8.97. The number of hydrogen-bond donors (Lipinski definition) is 0. The first-order valence-corrected chi connectivity index (χ1v) is 11.2. The van der Waals surface area contributed by atoms with Crippen molar-refractivity contribution in [2.45, 2.75) is 52.4 Å². The maximum Gasteiger partial charge on any atom is 0.287 e. The lowest BCUT2D eigenvalue weighted by atomic mass is 9.94. The Morgan fingerprint density at radius 1 is 0.903 bits per heavy atom. The van der Waals surface area contributed by atoms with Crippen LogP contribution < -0.4 is 4.57 Å². The third kappa shape index (κ3) is 3.50. The molecule has 2 aromatic carbocycles. The van der Waals surface area contributed by atoms with Crippen molar-refractivity contribution >= 4 is 10.9 Å². The lowest BCUT2D eigenvalue weighted by Crippen LogP contribution is -2.32. The predicted octanol–water partition coefficient (Wildman–Crippen LogP) is 5.77. The first kappa shape index (κ1) is 19.8. The number of benzene rings is 2. The zero-order chi connectivity index (χ0) is 21.5. The molecule has 1 fully saturated rings. The predicted molar refractivity (Wildman–Crippen MR) is 125 cm³/mol. The van der Waals surface area contributed by atoms with Gasteiger partial charge in [0.25, 0.3) is 6.33 Å². The zero-order valence-electron chi connectivity index (χ0n) is 18.8. The van der Waals surface area contributed by atoms with Gasteiger partial charge in [-0.15, -0.1) is 0 Å². The topological polar surface area (TPSA) is 42.6 Å². The Labute approximate surface area is 184 Å². The molecule has 156 valence electrons. The van der Waals surface area contributed by atoms with E-state index in [0.29, 0.717) is 5.92 Å². The number of rotatable bonds is 3. The van der Waals surface area contributed by atoms with E-state index in [-0.39, 0.29) is 0 Å². The highest BCUT2D eigenvalue weighted by atomic mass is 15.0. The van der Waals surface area contributed by atoms with Gasteiger partial charge in [0.1, 0.15) is 11.5 Å². The molecule has 1 aliphatic carbocycles. The van der Waals surface area contributed by atoms with E-state index >= 15 is 0 Å². The van der Waals surface area contributed by atoms with E-state index in [1.807, 2.05) is 18.7 Å². The summed E-state index contributed by atoms with van der Waals surface area (Å²) in [6.07, 6.45) is 10.9. The third-order valence-corrected chi connectivity index (χ3v) is 6.77. The zero-order valence-corrected chi connectivity index (χ0v) is 18.8. The highest BCUT2D eigenvalue weighted by Crippen LogP contribution is 2.35. The Hall–Kier alpha value is -3.14. The Balaban J connectivity index is 1.67. The van der Waals surface area contributed by atoms with Gasteiger partial charge in [0, 0.05) is 35.0 Å². The van der Waals surface area contributed by atoms with Gasteiger partial charge in [-0.25, -0.2) is 14.5 Å². The first-order valence-electron chi connectivity index (χ1n) is 11.2. The molecule has 1 aliphatic rings. The second kappa shape index (κ2) is 7.84. The molecule has 0 bridgehead atoms. The first-order chi connectivity index (χ1) is 15.0. The molecule has 0 spiro atoms. The van der Waals surface area contributed by atoms with Gasteiger partial charge in [-0.05, 0) is 67.9 Å². The Bertz CT molecular complexity index is 1270. The Kier molecular flexibility index (Phi) is 5.01. The molecule has 0 amide bonds. The minimum Gasteiger partial charge on any atom is -0.240 e. The number of aryl methyl sites for hydroxylation is 3. The molecule has 4 nitrogen and oxygen atoms in total. The van der Waals surface area contributed by atoms with Crippen molar-refractivity contribution in [1.82, 2.24) is 15.0 Å². The van der Waals surface area contributed by atoms with Gasteiger partial charge >= 0.3 is 0 Å². The fraction of sp³-hybridized carbons (Fsp3) is 0.333. The van der Waals surface area contributed by atoms with Crippen molar-refractivity contribution in [3.05, 3.63) is 71.6 Å². The summed E-state index contributed by atoms with van der Waals surface area (Å²) in [5.41, 5.74) is 9.45. The largest absolute Gasteiger partial charge is 0.287 e. The number of hydrogen-bond acceptors (Lipinski definition) is 3. The minimum atomic E-state index is 0.526.